The molecule has 24 heavy (non-hydrogen) atoms. The number of anilines is 1. The van der Waals surface area contributed by atoms with Gasteiger partial charge in [0.2, 0.25) is 0 Å². The third-order valence-corrected chi connectivity index (χ3v) is 3.46. The van der Waals surface area contributed by atoms with Gasteiger partial charge in [-0.3, -0.25) is 4.79 Å². The molecule has 0 saturated carbocycles. The quantitative estimate of drug-likeness (QED) is 0.742. The van der Waals surface area contributed by atoms with Crippen molar-refractivity contribution in [3.8, 4) is 5.75 Å². The molecule has 0 fully saturated rings. The van der Waals surface area contributed by atoms with Crippen molar-refractivity contribution in [1.29, 1.82) is 0 Å². The van der Waals surface area contributed by atoms with E-state index in [9.17, 15) is 9.18 Å². The minimum absolute atomic E-state index is 0.00751. The summed E-state index contributed by atoms with van der Waals surface area (Å²) in [6.07, 6.45) is 0. The van der Waals surface area contributed by atoms with Gasteiger partial charge in [0.25, 0.3) is 5.91 Å². The Morgan fingerprint density at radius 3 is 2.46 bits per heavy atom. The highest BCUT2D eigenvalue weighted by Gasteiger charge is 2.11. The SMILES string of the molecule is O=C(Nc1cccc(OCc2ccccc2)c1)c1ccccc1F. The van der Waals surface area contributed by atoms with Crippen LogP contribution in [-0.2, 0) is 6.61 Å². The predicted octanol–water partition coefficient (Wildman–Crippen LogP) is 4.66. The number of carbonyl (C=O) groups excluding carboxylic acids is 1. The fraction of sp³-hybridized carbons (Fsp3) is 0.0500. The summed E-state index contributed by atoms with van der Waals surface area (Å²) in [5.41, 5.74) is 1.61. The molecule has 3 nitrogen and oxygen atoms in total. The Morgan fingerprint density at radius 1 is 0.917 bits per heavy atom. The summed E-state index contributed by atoms with van der Waals surface area (Å²) < 4.78 is 19.4. The molecule has 120 valence electrons. The number of hydrogen-bond acceptors (Lipinski definition) is 2. The van der Waals surface area contributed by atoms with Crippen LogP contribution >= 0.6 is 0 Å². The number of ether oxygens (including phenoxy) is 1. The van der Waals surface area contributed by atoms with E-state index in [0.717, 1.165) is 5.56 Å². The molecule has 0 spiro atoms. The molecule has 0 heterocycles. The molecule has 0 saturated heterocycles. The summed E-state index contributed by atoms with van der Waals surface area (Å²) in [6, 6.07) is 22.7. The van der Waals surface area contributed by atoms with Gasteiger partial charge in [-0.1, -0.05) is 48.5 Å². The molecule has 3 aromatic rings. The van der Waals surface area contributed by atoms with Crippen LogP contribution in [0.25, 0.3) is 0 Å². The van der Waals surface area contributed by atoms with Gasteiger partial charge in [-0.05, 0) is 29.8 Å². The Hall–Kier alpha value is -3.14. The van der Waals surface area contributed by atoms with Crippen LogP contribution in [0.2, 0.25) is 0 Å². The minimum Gasteiger partial charge on any atom is -0.489 e. The van der Waals surface area contributed by atoms with Crippen LogP contribution in [0.1, 0.15) is 15.9 Å². The zero-order chi connectivity index (χ0) is 16.8. The summed E-state index contributed by atoms with van der Waals surface area (Å²) in [4.78, 5) is 12.1. The highest BCUT2D eigenvalue weighted by Crippen LogP contribution is 2.20. The van der Waals surface area contributed by atoms with Crippen molar-refractivity contribution in [3.63, 3.8) is 0 Å². The van der Waals surface area contributed by atoms with Gasteiger partial charge in [0, 0.05) is 11.8 Å². The van der Waals surface area contributed by atoms with E-state index in [0.29, 0.717) is 18.0 Å². The number of hydrogen-bond donors (Lipinski definition) is 1. The summed E-state index contributed by atoms with van der Waals surface area (Å²) in [6.45, 7) is 0.436. The van der Waals surface area contributed by atoms with Gasteiger partial charge in [-0.2, -0.15) is 0 Å². The lowest BCUT2D eigenvalue weighted by atomic mass is 10.2. The van der Waals surface area contributed by atoms with Crippen LogP contribution in [0.4, 0.5) is 10.1 Å². The van der Waals surface area contributed by atoms with Gasteiger partial charge < -0.3 is 10.1 Å². The lowest BCUT2D eigenvalue weighted by Gasteiger charge is -2.10. The van der Waals surface area contributed by atoms with E-state index in [1.807, 2.05) is 36.4 Å². The second kappa shape index (κ2) is 7.42. The van der Waals surface area contributed by atoms with Gasteiger partial charge in [-0.15, -0.1) is 0 Å². The molecule has 0 atom stereocenters. The van der Waals surface area contributed by atoms with Crippen molar-refractivity contribution in [2.75, 3.05) is 5.32 Å². The van der Waals surface area contributed by atoms with Gasteiger partial charge in [0.15, 0.2) is 0 Å². The fourth-order valence-electron chi connectivity index (χ4n) is 2.25. The molecule has 1 amide bonds. The highest BCUT2D eigenvalue weighted by atomic mass is 19.1. The molecule has 3 rings (SSSR count). The first-order valence-corrected chi connectivity index (χ1v) is 7.55. The van der Waals surface area contributed by atoms with Gasteiger partial charge in [0.1, 0.15) is 18.2 Å². The van der Waals surface area contributed by atoms with Crippen LogP contribution in [-0.4, -0.2) is 5.91 Å². The monoisotopic (exact) mass is 321 g/mol. The Kier molecular flexibility index (Phi) is 4.87. The average Bonchev–Trinajstić information content (AvgIpc) is 2.61. The maximum atomic E-state index is 13.6. The van der Waals surface area contributed by atoms with E-state index >= 15 is 0 Å². The molecular weight excluding hydrogens is 305 g/mol. The van der Waals surface area contributed by atoms with Crippen molar-refractivity contribution in [2.24, 2.45) is 0 Å². The lowest BCUT2D eigenvalue weighted by Crippen LogP contribution is -2.13. The highest BCUT2D eigenvalue weighted by molar-refractivity contribution is 6.04. The first-order chi connectivity index (χ1) is 11.7. The number of rotatable bonds is 5. The van der Waals surface area contributed by atoms with Gasteiger partial charge >= 0.3 is 0 Å². The predicted molar refractivity (Wildman–Crippen MR) is 91.6 cm³/mol. The average molecular weight is 321 g/mol. The van der Waals surface area contributed by atoms with Crippen LogP contribution in [0.3, 0.4) is 0 Å². The molecule has 0 aromatic heterocycles. The maximum absolute atomic E-state index is 13.6. The first kappa shape index (κ1) is 15.7. The standard InChI is InChI=1S/C20H16FNO2/c21-19-12-5-4-11-18(19)20(23)22-16-9-6-10-17(13-16)24-14-15-7-2-1-3-8-15/h1-13H,14H2,(H,22,23). The molecule has 0 aliphatic carbocycles. The normalized spacial score (nSPS) is 10.2. The van der Waals surface area contributed by atoms with Crippen molar-refractivity contribution < 1.29 is 13.9 Å². The summed E-state index contributed by atoms with van der Waals surface area (Å²) >= 11 is 0. The van der Waals surface area contributed by atoms with Crippen molar-refractivity contribution in [1.82, 2.24) is 0 Å². The minimum atomic E-state index is -0.550. The number of benzene rings is 3. The molecule has 0 bridgehead atoms. The number of amides is 1. The molecule has 0 aliphatic rings. The van der Waals surface area contributed by atoms with Crippen LogP contribution < -0.4 is 10.1 Å². The molecule has 0 unspecified atom stereocenters. The number of carbonyl (C=O) groups is 1. The van der Waals surface area contributed by atoms with E-state index in [1.165, 1.54) is 12.1 Å². The summed E-state index contributed by atoms with van der Waals surface area (Å²) in [5.74, 6) is -0.412. The zero-order valence-electron chi connectivity index (χ0n) is 12.9. The molecule has 4 heteroatoms. The largest absolute Gasteiger partial charge is 0.489 e. The van der Waals surface area contributed by atoms with Gasteiger partial charge in [0.05, 0.1) is 5.56 Å². The van der Waals surface area contributed by atoms with Crippen molar-refractivity contribution in [2.45, 2.75) is 6.61 Å². The Balaban J connectivity index is 1.67. The second-order valence-corrected chi connectivity index (χ2v) is 5.24. The summed E-state index contributed by atoms with van der Waals surface area (Å²) in [5, 5.41) is 2.68. The van der Waals surface area contributed by atoms with E-state index < -0.39 is 11.7 Å². The number of halogens is 1. The van der Waals surface area contributed by atoms with E-state index in [1.54, 1.807) is 30.3 Å². The van der Waals surface area contributed by atoms with Crippen LogP contribution in [0.5, 0.6) is 5.75 Å². The van der Waals surface area contributed by atoms with Crippen LogP contribution in [0.15, 0.2) is 78.9 Å². The first-order valence-electron chi connectivity index (χ1n) is 7.55. The Labute approximate surface area is 139 Å². The fourth-order valence-corrected chi connectivity index (χ4v) is 2.25. The Bertz CT molecular complexity index is 834. The van der Waals surface area contributed by atoms with E-state index in [4.69, 9.17) is 4.74 Å². The van der Waals surface area contributed by atoms with Gasteiger partial charge in [-0.25, -0.2) is 4.39 Å². The molecule has 0 aliphatic heterocycles. The third-order valence-electron chi connectivity index (χ3n) is 3.46. The molecule has 1 N–H and O–H groups in total. The lowest BCUT2D eigenvalue weighted by molar-refractivity contribution is 0.102. The van der Waals surface area contributed by atoms with Crippen molar-refractivity contribution in [3.05, 3.63) is 95.8 Å². The van der Waals surface area contributed by atoms with Crippen LogP contribution in [0, 0.1) is 5.82 Å². The summed E-state index contributed by atoms with van der Waals surface area (Å²) in [7, 11) is 0. The topological polar surface area (TPSA) is 38.3 Å². The van der Waals surface area contributed by atoms with E-state index in [2.05, 4.69) is 5.32 Å². The zero-order valence-corrected chi connectivity index (χ0v) is 12.9. The third kappa shape index (κ3) is 3.98. The molecule has 0 radical (unpaired) electrons. The number of nitrogens with one attached hydrogen (secondary N) is 1. The smallest absolute Gasteiger partial charge is 0.258 e. The second-order valence-electron chi connectivity index (χ2n) is 5.24. The van der Waals surface area contributed by atoms with Crippen molar-refractivity contribution >= 4 is 11.6 Å². The van der Waals surface area contributed by atoms with E-state index in [-0.39, 0.29) is 5.56 Å². The maximum Gasteiger partial charge on any atom is 0.258 e. The Morgan fingerprint density at radius 2 is 1.67 bits per heavy atom. The molecule has 3 aromatic carbocycles. The molecular formula is C20H16FNO2.